The largest absolute Gasteiger partial charge is 0.306 e. The van der Waals surface area contributed by atoms with E-state index in [9.17, 15) is 4.79 Å². The van der Waals surface area contributed by atoms with Crippen molar-refractivity contribution in [2.75, 3.05) is 25.0 Å². The van der Waals surface area contributed by atoms with Crippen molar-refractivity contribution in [3.05, 3.63) is 29.3 Å². The molecule has 124 valence electrons. The van der Waals surface area contributed by atoms with Crippen molar-refractivity contribution in [2.45, 2.75) is 51.0 Å². The summed E-state index contributed by atoms with van der Waals surface area (Å²) in [5.74, 6) is 0.385. The summed E-state index contributed by atoms with van der Waals surface area (Å²) >= 11 is 0. The molecule has 4 heteroatoms. The first-order valence-corrected chi connectivity index (χ1v) is 8.59. The van der Waals surface area contributed by atoms with E-state index in [0.717, 1.165) is 37.8 Å². The second kappa shape index (κ2) is 6.08. The molecule has 2 heterocycles. The number of nitrogens with one attached hydrogen (secondary N) is 1. The number of likely N-dealkylation sites (tertiary alicyclic amines) is 1. The molecule has 0 aliphatic carbocycles. The Balaban J connectivity index is 2.01. The molecule has 0 spiro atoms. The van der Waals surface area contributed by atoms with E-state index in [1.165, 1.54) is 24.0 Å². The molecular weight excluding hydrogens is 286 g/mol. The van der Waals surface area contributed by atoms with Crippen LogP contribution in [0.4, 0.5) is 5.69 Å². The normalized spacial score (nSPS) is 21.8. The Kier molecular flexibility index (Phi) is 4.28. The zero-order valence-corrected chi connectivity index (χ0v) is 14.4. The first-order chi connectivity index (χ1) is 10.9. The predicted octanol–water partition coefficient (Wildman–Crippen LogP) is 3.20. The number of hydrogen-bond donors (Lipinski definition) is 1. The third-order valence-corrected chi connectivity index (χ3v) is 5.52. The fourth-order valence-electron chi connectivity index (χ4n) is 4.13. The second-order valence-electron chi connectivity index (χ2n) is 7.55. The van der Waals surface area contributed by atoms with Gasteiger partial charge >= 0.3 is 0 Å². The molecular formula is C19H27N3O. The minimum Gasteiger partial charge on any atom is -0.306 e. The molecule has 1 amide bonds. The number of hydrogen-bond acceptors (Lipinski definition) is 3. The minimum atomic E-state index is -0.229. The van der Waals surface area contributed by atoms with Crippen LogP contribution in [0.1, 0.15) is 50.2 Å². The SMILES string of the molecule is CN1CCC(c2cccc3c2CCC(C)(C)N3C(=O)C=N)CC1. The molecule has 1 N–H and O–H groups in total. The zero-order valence-electron chi connectivity index (χ0n) is 14.4. The Hall–Kier alpha value is -1.68. The number of rotatable bonds is 2. The summed E-state index contributed by atoms with van der Waals surface area (Å²) in [6.45, 7) is 6.48. The van der Waals surface area contributed by atoms with Gasteiger partial charge in [0.05, 0.1) is 6.21 Å². The molecule has 1 aromatic carbocycles. The van der Waals surface area contributed by atoms with Gasteiger partial charge in [-0.25, -0.2) is 0 Å². The maximum Gasteiger partial charge on any atom is 0.269 e. The molecule has 4 nitrogen and oxygen atoms in total. The summed E-state index contributed by atoms with van der Waals surface area (Å²) in [7, 11) is 2.18. The standard InChI is InChI=1S/C19H27N3O/c1-19(2)10-7-16-15(14-8-11-21(3)12-9-14)5-4-6-17(16)22(19)18(23)13-20/h4-6,13-14,20H,7-12H2,1-3H3. The van der Waals surface area contributed by atoms with Gasteiger partial charge in [-0.15, -0.1) is 0 Å². The number of anilines is 1. The molecule has 23 heavy (non-hydrogen) atoms. The lowest BCUT2D eigenvalue weighted by Gasteiger charge is -2.44. The molecule has 0 unspecified atom stereocenters. The lowest BCUT2D eigenvalue weighted by Crippen LogP contribution is -2.51. The van der Waals surface area contributed by atoms with Crippen LogP contribution in [0.3, 0.4) is 0 Å². The van der Waals surface area contributed by atoms with Crippen LogP contribution in [0.5, 0.6) is 0 Å². The van der Waals surface area contributed by atoms with Gasteiger partial charge in [-0.05, 0) is 82.8 Å². The number of nitrogens with zero attached hydrogens (tertiary/aromatic N) is 2. The van der Waals surface area contributed by atoms with Gasteiger partial charge in [0.2, 0.25) is 0 Å². The first-order valence-electron chi connectivity index (χ1n) is 8.59. The van der Waals surface area contributed by atoms with Gasteiger partial charge in [-0.2, -0.15) is 0 Å². The van der Waals surface area contributed by atoms with Crippen molar-refractivity contribution in [3.8, 4) is 0 Å². The summed E-state index contributed by atoms with van der Waals surface area (Å²) in [6, 6.07) is 6.38. The van der Waals surface area contributed by atoms with Crippen molar-refractivity contribution in [1.82, 2.24) is 4.90 Å². The number of carbonyl (C=O) groups is 1. The highest BCUT2D eigenvalue weighted by atomic mass is 16.2. The van der Waals surface area contributed by atoms with Gasteiger partial charge in [-0.3, -0.25) is 4.79 Å². The molecule has 1 fully saturated rings. The van der Waals surface area contributed by atoms with Crippen molar-refractivity contribution in [2.24, 2.45) is 0 Å². The number of piperidine rings is 1. The average molecular weight is 313 g/mol. The Morgan fingerprint density at radius 2 is 2.00 bits per heavy atom. The molecule has 1 saturated heterocycles. The molecule has 2 aliphatic heterocycles. The van der Waals surface area contributed by atoms with E-state index in [1.54, 1.807) is 0 Å². The topological polar surface area (TPSA) is 47.4 Å². The Bertz CT molecular complexity index is 615. The van der Waals surface area contributed by atoms with Crippen molar-refractivity contribution in [1.29, 1.82) is 5.41 Å². The summed E-state index contributed by atoms with van der Waals surface area (Å²) in [5, 5.41) is 7.41. The van der Waals surface area contributed by atoms with Crippen molar-refractivity contribution >= 4 is 17.8 Å². The van der Waals surface area contributed by atoms with Gasteiger partial charge in [-0.1, -0.05) is 12.1 Å². The lowest BCUT2D eigenvalue weighted by atomic mass is 9.79. The van der Waals surface area contributed by atoms with E-state index in [2.05, 4.69) is 44.0 Å². The predicted molar refractivity (Wildman–Crippen MR) is 94.6 cm³/mol. The number of benzene rings is 1. The molecule has 2 aliphatic rings. The third-order valence-electron chi connectivity index (χ3n) is 5.52. The summed E-state index contributed by atoms with van der Waals surface area (Å²) in [4.78, 5) is 16.6. The smallest absolute Gasteiger partial charge is 0.269 e. The molecule has 0 radical (unpaired) electrons. The maximum absolute atomic E-state index is 12.4. The average Bonchev–Trinajstić information content (AvgIpc) is 2.53. The quantitative estimate of drug-likeness (QED) is 0.852. The summed E-state index contributed by atoms with van der Waals surface area (Å²) in [5.41, 5.74) is 3.55. The van der Waals surface area contributed by atoms with Crippen LogP contribution in [-0.4, -0.2) is 42.7 Å². The molecule has 1 aromatic rings. The second-order valence-corrected chi connectivity index (χ2v) is 7.55. The molecule has 0 bridgehead atoms. The number of fused-ring (bicyclic) bond motifs is 1. The van der Waals surface area contributed by atoms with Gasteiger partial charge in [0.25, 0.3) is 5.91 Å². The minimum absolute atomic E-state index is 0.212. The number of carbonyl (C=O) groups excluding carboxylic acids is 1. The molecule has 0 aromatic heterocycles. The van der Waals surface area contributed by atoms with Gasteiger partial charge in [0, 0.05) is 11.2 Å². The monoisotopic (exact) mass is 313 g/mol. The third kappa shape index (κ3) is 2.92. The van der Waals surface area contributed by atoms with Crippen LogP contribution >= 0.6 is 0 Å². The fourth-order valence-corrected chi connectivity index (χ4v) is 4.13. The molecule has 3 rings (SSSR count). The Morgan fingerprint density at radius 3 is 2.65 bits per heavy atom. The highest BCUT2D eigenvalue weighted by Crippen LogP contribution is 2.42. The highest BCUT2D eigenvalue weighted by Gasteiger charge is 2.37. The summed E-state index contributed by atoms with van der Waals surface area (Å²) in [6.07, 6.45) is 5.29. The van der Waals surface area contributed by atoms with Crippen molar-refractivity contribution in [3.63, 3.8) is 0 Å². The van der Waals surface area contributed by atoms with Crippen LogP contribution in [0.25, 0.3) is 0 Å². The molecule has 0 saturated carbocycles. The van der Waals surface area contributed by atoms with Crippen LogP contribution in [0.2, 0.25) is 0 Å². The van der Waals surface area contributed by atoms with Gasteiger partial charge in [0.1, 0.15) is 0 Å². The fraction of sp³-hybridized carbons (Fsp3) is 0.579. The number of amides is 1. The van der Waals surface area contributed by atoms with E-state index in [0.29, 0.717) is 5.92 Å². The lowest BCUT2D eigenvalue weighted by molar-refractivity contribution is -0.113. The van der Waals surface area contributed by atoms with E-state index in [1.807, 2.05) is 4.90 Å². The Morgan fingerprint density at radius 1 is 1.30 bits per heavy atom. The first kappa shape index (κ1) is 16.2. The van der Waals surface area contributed by atoms with Crippen LogP contribution in [0.15, 0.2) is 18.2 Å². The van der Waals surface area contributed by atoms with Crippen LogP contribution < -0.4 is 4.90 Å². The maximum atomic E-state index is 12.4. The van der Waals surface area contributed by atoms with E-state index in [-0.39, 0.29) is 11.4 Å². The van der Waals surface area contributed by atoms with Crippen LogP contribution in [-0.2, 0) is 11.2 Å². The van der Waals surface area contributed by atoms with Gasteiger partial charge < -0.3 is 15.2 Å². The Labute approximate surface area is 139 Å². The highest BCUT2D eigenvalue weighted by molar-refractivity contribution is 6.32. The van der Waals surface area contributed by atoms with E-state index < -0.39 is 0 Å². The van der Waals surface area contributed by atoms with Crippen molar-refractivity contribution < 1.29 is 4.79 Å². The van der Waals surface area contributed by atoms with E-state index >= 15 is 0 Å². The van der Waals surface area contributed by atoms with E-state index in [4.69, 9.17) is 5.41 Å². The summed E-state index contributed by atoms with van der Waals surface area (Å²) < 4.78 is 0. The van der Waals surface area contributed by atoms with Crippen LogP contribution in [0, 0.1) is 5.41 Å². The molecule has 0 atom stereocenters. The zero-order chi connectivity index (χ0) is 16.6. The van der Waals surface area contributed by atoms with Gasteiger partial charge in [0.15, 0.2) is 0 Å².